The average molecular weight is 235 g/mol. The Morgan fingerprint density at radius 1 is 1.31 bits per heavy atom. The Labute approximate surface area is 94.3 Å². The highest BCUT2D eigenvalue weighted by Gasteiger charge is 2.23. The van der Waals surface area contributed by atoms with Crippen LogP contribution in [0.15, 0.2) is 0 Å². The first-order valence-corrected chi connectivity index (χ1v) is 5.02. The number of alkyl carbamates (subject to hydrolysis) is 1. The van der Waals surface area contributed by atoms with Crippen LogP contribution in [0.1, 0.15) is 34.1 Å². The molecule has 0 aliphatic heterocycles. The van der Waals surface area contributed by atoms with Crippen LogP contribution in [0.2, 0.25) is 0 Å². The number of rotatable bonds is 4. The lowest BCUT2D eigenvalue weighted by Gasteiger charge is -2.16. The van der Waals surface area contributed by atoms with E-state index in [4.69, 9.17) is 0 Å². The first-order valence-electron chi connectivity index (χ1n) is 5.02. The van der Waals surface area contributed by atoms with Gasteiger partial charge in [-0.15, -0.1) is 0 Å². The molecule has 5 nitrogen and oxygen atoms in total. The molecule has 0 aromatic carbocycles. The van der Waals surface area contributed by atoms with Gasteiger partial charge in [0.25, 0.3) is 0 Å². The summed E-state index contributed by atoms with van der Waals surface area (Å²) in [5.41, 5.74) is -0.661. The maximum Gasteiger partial charge on any atom is 0.412 e. The molecular formula is C10H18FNO4. The monoisotopic (exact) mass is 235 g/mol. The van der Waals surface area contributed by atoms with Gasteiger partial charge in [-0.1, -0.05) is 6.92 Å². The number of nitrogens with one attached hydrogen (secondary N) is 1. The summed E-state index contributed by atoms with van der Waals surface area (Å²) in [5, 5.41) is 1.92. The zero-order valence-electron chi connectivity index (χ0n) is 10.0. The SMILES string of the molecule is CCC(F)NC(=O)OCOC(=O)C(C)(C)C. The van der Waals surface area contributed by atoms with E-state index in [0.717, 1.165) is 0 Å². The highest BCUT2D eigenvalue weighted by atomic mass is 19.1. The number of alkyl halides is 1. The molecule has 1 atom stereocenters. The molecule has 0 saturated heterocycles. The summed E-state index contributed by atoms with van der Waals surface area (Å²) in [6, 6.07) is 0. The maximum atomic E-state index is 12.6. The first kappa shape index (κ1) is 14.7. The van der Waals surface area contributed by atoms with Crippen molar-refractivity contribution in [3.8, 4) is 0 Å². The summed E-state index contributed by atoms with van der Waals surface area (Å²) in [4.78, 5) is 22.1. The Morgan fingerprint density at radius 2 is 1.88 bits per heavy atom. The van der Waals surface area contributed by atoms with Crippen LogP contribution in [0.25, 0.3) is 0 Å². The van der Waals surface area contributed by atoms with Gasteiger partial charge >= 0.3 is 12.1 Å². The van der Waals surface area contributed by atoms with Gasteiger partial charge in [0.05, 0.1) is 5.41 Å². The van der Waals surface area contributed by atoms with E-state index in [9.17, 15) is 14.0 Å². The summed E-state index contributed by atoms with van der Waals surface area (Å²) < 4.78 is 21.7. The minimum Gasteiger partial charge on any atom is -0.427 e. The fraction of sp³-hybridized carbons (Fsp3) is 0.800. The third-order valence-corrected chi connectivity index (χ3v) is 1.63. The number of ether oxygens (including phenoxy) is 2. The second-order valence-corrected chi connectivity index (χ2v) is 4.25. The average Bonchev–Trinajstić information content (AvgIpc) is 2.15. The molecule has 0 aromatic heterocycles. The van der Waals surface area contributed by atoms with E-state index in [1.165, 1.54) is 0 Å². The lowest BCUT2D eigenvalue weighted by Crippen LogP contribution is -2.33. The van der Waals surface area contributed by atoms with E-state index >= 15 is 0 Å². The van der Waals surface area contributed by atoms with Gasteiger partial charge in [-0.05, 0) is 27.2 Å². The molecule has 0 aromatic rings. The molecule has 6 heteroatoms. The summed E-state index contributed by atoms with van der Waals surface area (Å²) in [5.74, 6) is -0.493. The van der Waals surface area contributed by atoms with E-state index in [2.05, 4.69) is 9.47 Å². The fourth-order valence-corrected chi connectivity index (χ4v) is 0.625. The summed E-state index contributed by atoms with van der Waals surface area (Å²) in [7, 11) is 0. The highest BCUT2D eigenvalue weighted by molar-refractivity contribution is 5.75. The van der Waals surface area contributed by atoms with Crippen molar-refractivity contribution in [2.75, 3.05) is 6.79 Å². The van der Waals surface area contributed by atoms with Gasteiger partial charge in [0.2, 0.25) is 6.79 Å². The summed E-state index contributed by atoms with van der Waals surface area (Å²) in [6.45, 7) is 6.07. The molecule has 0 heterocycles. The molecule has 0 radical (unpaired) electrons. The van der Waals surface area contributed by atoms with Gasteiger partial charge in [0.1, 0.15) is 0 Å². The quantitative estimate of drug-likeness (QED) is 0.459. The van der Waals surface area contributed by atoms with Gasteiger partial charge in [-0.3, -0.25) is 10.1 Å². The van der Waals surface area contributed by atoms with Crippen molar-refractivity contribution >= 4 is 12.1 Å². The lowest BCUT2D eigenvalue weighted by molar-refractivity contribution is -0.161. The van der Waals surface area contributed by atoms with E-state index in [1.54, 1.807) is 27.7 Å². The molecular weight excluding hydrogens is 217 g/mol. The minimum absolute atomic E-state index is 0.150. The molecule has 0 saturated carbocycles. The van der Waals surface area contributed by atoms with Crippen LogP contribution in [0.5, 0.6) is 0 Å². The second-order valence-electron chi connectivity index (χ2n) is 4.25. The Kier molecular flexibility index (Phi) is 5.77. The van der Waals surface area contributed by atoms with E-state index in [0.29, 0.717) is 0 Å². The fourth-order valence-electron chi connectivity index (χ4n) is 0.625. The first-order chi connectivity index (χ1) is 7.27. The number of hydrogen-bond donors (Lipinski definition) is 1. The van der Waals surface area contributed by atoms with Crippen LogP contribution >= 0.6 is 0 Å². The molecule has 1 unspecified atom stereocenters. The number of carbonyl (C=O) groups excluding carboxylic acids is 2. The highest BCUT2D eigenvalue weighted by Crippen LogP contribution is 2.14. The van der Waals surface area contributed by atoms with Crippen molar-refractivity contribution in [2.24, 2.45) is 5.41 Å². The molecule has 0 rings (SSSR count). The number of esters is 1. The number of halogens is 1. The van der Waals surface area contributed by atoms with Crippen molar-refractivity contribution in [3.05, 3.63) is 0 Å². The topological polar surface area (TPSA) is 64.6 Å². The third-order valence-electron chi connectivity index (χ3n) is 1.63. The molecule has 1 N–H and O–H groups in total. The van der Waals surface area contributed by atoms with Crippen molar-refractivity contribution in [3.63, 3.8) is 0 Å². The summed E-state index contributed by atoms with van der Waals surface area (Å²) >= 11 is 0. The van der Waals surface area contributed by atoms with E-state index in [-0.39, 0.29) is 6.42 Å². The maximum absolute atomic E-state index is 12.6. The molecule has 1 amide bonds. The lowest BCUT2D eigenvalue weighted by atomic mass is 9.98. The molecule has 0 spiro atoms. The Balaban J connectivity index is 3.75. The van der Waals surface area contributed by atoms with Crippen LogP contribution in [0, 0.1) is 5.41 Å². The molecule has 0 bridgehead atoms. The zero-order chi connectivity index (χ0) is 12.8. The minimum atomic E-state index is -1.45. The molecule has 94 valence electrons. The predicted molar refractivity (Wildman–Crippen MR) is 55.2 cm³/mol. The number of hydrogen-bond acceptors (Lipinski definition) is 4. The predicted octanol–water partition coefficient (Wildman–Crippen LogP) is 1.97. The number of amides is 1. The van der Waals surface area contributed by atoms with Crippen LogP contribution < -0.4 is 5.32 Å². The molecule has 16 heavy (non-hydrogen) atoms. The van der Waals surface area contributed by atoms with Gasteiger partial charge in [0, 0.05) is 0 Å². The van der Waals surface area contributed by atoms with Gasteiger partial charge < -0.3 is 9.47 Å². The van der Waals surface area contributed by atoms with Crippen LogP contribution in [-0.2, 0) is 14.3 Å². The zero-order valence-corrected chi connectivity index (χ0v) is 10.0. The normalized spacial score (nSPS) is 12.8. The molecule has 0 aliphatic rings. The standard InChI is InChI=1S/C10H18FNO4/c1-5-7(11)12-9(14)16-6-15-8(13)10(2,3)4/h7H,5-6H2,1-4H3,(H,12,14). The van der Waals surface area contributed by atoms with Crippen LogP contribution in [-0.4, -0.2) is 25.2 Å². The largest absolute Gasteiger partial charge is 0.427 e. The Morgan fingerprint density at radius 3 is 2.31 bits per heavy atom. The Hall–Kier alpha value is -1.33. The van der Waals surface area contributed by atoms with Crippen LogP contribution in [0.4, 0.5) is 9.18 Å². The van der Waals surface area contributed by atoms with Gasteiger partial charge in [-0.25, -0.2) is 9.18 Å². The van der Waals surface area contributed by atoms with E-state index < -0.39 is 30.6 Å². The third kappa shape index (κ3) is 6.21. The Bertz CT molecular complexity index is 250. The molecule has 0 aliphatic carbocycles. The van der Waals surface area contributed by atoms with E-state index in [1.807, 2.05) is 5.32 Å². The number of carbonyl (C=O) groups is 2. The van der Waals surface area contributed by atoms with Crippen molar-refractivity contribution in [2.45, 2.75) is 40.4 Å². The second kappa shape index (κ2) is 6.30. The smallest absolute Gasteiger partial charge is 0.412 e. The summed E-state index contributed by atoms with van der Waals surface area (Å²) in [6.07, 6.45) is -2.25. The van der Waals surface area contributed by atoms with Crippen molar-refractivity contribution < 1.29 is 23.5 Å². The van der Waals surface area contributed by atoms with Crippen molar-refractivity contribution in [1.29, 1.82) is 0 Å². The van der Waals surface area contributed by atoms with Gasteiger partial charge in [0.15, 0.2) is 6.30 Å². The van der Waals surface area contributed by atoms with Gasteiger partial charge in [-0.2, -0.15) is 0 Å². The van der Waals surface area contributed by atoms with Crippen LogP contribution in [0.3, 0.4) is 0 Å². The molecule has 0 fully saturated rings. The van der Waals surface area contributed by atoms with Crippen molar-refractivity contribution in [1.82, 2.24) is 5.32 Å².